The third-order valence-corrected chi connectivity index (χ3v) is 4.81. The van der Waals surface area contributed by atoms with Crippen molar-refractivity contribution < 1.29 is 0 Å². The number of nitrogens with zero attached hydrogens (tertiary/aromatic N) is 2. The van der Waals surface area contributed by atoms with Crippen molar-refractivity contribution in [3.05, 3.63) is 42.1 Å². The van der Waals surface area contributed by atoms with Crippen LogP contribution in [0, 0.1) is 0 Å². The Morgan fingerprint density at radius 3 is 2.71 bits per heavy atom. The van der Waals surface area contributed by atoms with Crippen LogP contribution in [0.5, 0.6) is 0 Å². The van der Waals surface area contributed by atoms with Crippen LogP contribution in [0.1, 0.15) is 44.7 Å². The number of nitrogens with one attached hydrogen (secondary N) is 1. The Labute approximate surface area is 127 Å². The summed E-state index contributed by atoms with van der Waals surface area (Å²) in [6.45, 7) is 15.0. The number of hydrogen-bond donors (Lipinski definition) is 1. The van der Waals surface area contributed by atoms with E-state index in [0.29, 0.717) is 0 Å². The Morgan fingerprint density at radius 1 is 1.33 bits per heavy atom. The molecule has 0 radical (unpaired) electrons. The van der Waals surface area contributed by atoms with E-state index < -0.39 is 0 Å². The molecular weight excluding hydrogens is 258 g/mol. The molecule has 0 saturated carbocycles. The summed E-state index contributed by atoms with van der Waals surface area (Å²) in [7, 11) is 2.10. The predicted octanol–water partition coefficient (Wildman–Crippen LogP) is 4.33. The highest BCUT2D eigenvalue weighted by atomic mass is 15.2. The Balaban J connectivity index is 2.24. The summed E-state index contributed by atoms with van der Waals surface area (Å²) in [6, 6.07) is 4.42. The normalized spacial score (nSPS) is 23.6. The van der Waals surface area contributed by atoms with Crippen molar-refractivity contribution in [1.82, 2.24) is 5.32 Å². The maximum absolute atomic E-state index is 4.62. The zero-order valence-corrected chi connectivity index (χ0v) is 13.4. The monoisotopic (exact) mass is 281 g/mol. The summed E-state index contributed by atoms with van der Waals surface area (Å²) < 4.78 is 0. The van der Waals surface area contributed by atoms with E-state index >= 15 is 0 Å². The summed E-state index contributed by atoms with van der Waals surface area (Å²) in [4.78, 5) is 6.82. The molecule has 2 heterocycles. The van der Waals surface area contributed by atoms with Gasteiger partial charge in [0, 0.05) is 35.1 Å². The van der Waals surface area contributed by atoms with E-state index in [-0.39, 0.29) is 5.41 Å². The largest absolute Gasteiger partial charge is 0.348 e. The fourth-order valence-corrected chi connectivity index (χ4v) is 3.58. The lowest BCUT2D eigenvalue weighted by Crippen LogP contribution is -2.25. The topological polar surface area (TPSA) is 27.6 Å². The molecule has 0 aromatic heterocycles. The quantitative estimate of drug-likeness (QED) is 0.873. The van der Waals surface area contributed by atoms with Crippen molar-refractivity contribution in [3.63, 3.8) is 0 Å². The van der Waals surface area contributed by atoms with Crippen LogP contribution in [-0.4, -0.2) is 12.9 Å². The number of fused-ring (bicyclic) bond motifs is 2. The van der Waals surface area contributed by atoms with Gasteiger partial charge in [-0.2, -0.15) is 0 Å². The van der Waals surface area contributed by atoms with Crippen LogP contribution in [0.25, 0.3) is 5.70 Å². The Bertz CT molecular complexity index is 684. The Kier molecular flexibility index (Phi) is 2.97. The van der Waals surface area contributed by atoms with E-state index in [1.807, 2.05) is 6.92 Å². The molecule has 1 aromatic rings. The van der Waals surface area contributed by atoms with Crippen LogP contribution in [0.4, 0.5) is 11.4 Å². The first-order valence-corrected chi connectivity index (χ1v) is 7.51. The molecule has 1 atom stereocenters. The van der Waals surface area contributed by atoms with E-state index in [1.165, 1.54) is 16.9 Å². The van der Waals surface area contributed by atoms with E-state index in [0.717, 1.165) is 35.6 Å². The molecule has 1 N–H and O–H groups in total. The maximum Gasteiger partial charge on any atom is 0.103 e. The van der Waals surface area contributed by atoms with Crippen LogP contribution in [-0.2, 0) is 5.41 Å². The van der Waals surface area contributed by atoms with Crippen molar-refractivity contribution in [2.75, 3.05) is 11.9 Å². The van der Waals surface area contributed by atoms with Crippen LogP contribution in [0.2, 0.25) is 0 Å². The van der Waals surface area contributed by atoms with Gasteiger partial charge in [-0.3, -0.25) is 0 Å². The van der Waals surface area contributed by atoms with E-state index in [4.69, 9.17) is 0 Å². The van der Waals surface area contributed by atoms with Gasteiger partial charge in [0.25, 0.3) is 0 Å². The average molecular weight is 281 g/mol. The smallest absolute Gasteiger partial charge is 0.103 e. The van der Waals surface area contributed by atoms with Gasteiger partial charge in [0.05, 0.1) is 5.69 Å². The molecule has 3 heteroatoms. The molecule has 2 aliphatic rings. The Hall–Kier alpha value is -2.03. The number of hydrogen-bond acceptors (Lipinski definition) is 3. The third-order valence-electron chi connectivity index (χ3n) is 4.81. The lowest BCUT2D eigenvalue weighted by molar-refractivity contribution is 0.514. The van der Waals surface area contributed by atoms with E-state index in [9.17, 15) is 0 Å². The van der Waals surface area contributed by atoms with E-state index in [1.54, 1.807) is 0 Å². The van der Waals surface area contributed by atoms with Gasteiger partial charge in [-0.1, -0.05) is 26.5 Å². The van der Waals surface area contributed by atoms with Gasteiger partial charge in [-0.25, -0.2) is 4.99 Å². The minimum atomic E-state index is 0.00431. The number of benzene rings is 1. The fourth-order valence-electron chi connectivity index (χ4n) is 3.58. The molecule has 2 aliphatic heterocycles. The molecule has 0 saturated heterocycles. The van der Waals surface area contributed by atoms with Gasteiger partial charge in [0.15, 0.2) is 0 Å². The molecule has 0 amide bonds. The highest BCUT2D eigenvalue weighted by molar-refractivity contribution is 5.97. The van der Waals surface area contributed by atoms with Gasteiger partial charge in [0.2, 0.25) is 0 Å². The van der Waals surface area contributed by atoms with Gasteiger partial charge in [0.1, 0.15) is 5.84 Å². The average Bonchev–Trinajstić information content (AvgIpc) is 2.60. The molecule has 0 spiro atoms. The number of amidine groups is 1. The summed E-state index contributed by atoms with van der Waals surface area (Å²) >= 11 is 0. The number of allylic oxidation sites excluding steroid dienone is 1. The van der Waals surface area contributed by atoms with Crippen LogP contribution >= 0.6 is 0 Å². The van der Waals surface area contributed by atoms with Crippen molar-refractivity contribution in [3.8, 4) is 0 Å². The summed E-state index contributed by atoms with van der Waals surface area (Å²) in [5.74, 6) is 0.892. The molecular formula is C18H23N3. The minimum absolute atomic E-state index is 0.00431. The first-order valence-electron chi connectivity index (χ1n) is 7.51. The molecule has 110 valence electrons. The molecule has 3 rings (SSSR count). The summed E-state index contributed by atoms with van der Waals surface area (Å²) in [6.07, 6.45) is 2.24. The second-order valence-corrected chi connectivity index (χ2v) is 6.28. The van der Waals surface area contributed by atoms with Gasteiger partial charge in [-0.15, -0.1) is 0 Å². The van der Waals surface area contributed by atoms with Crippen molar-refractivity contribution in [1.29, 1.82) is 0 Å². The predicted molar refractivity (Wildman–Crippen MR) is 91.2 cm³/mol. The van der Waals surface area contributed by atoms with Crippen LogP contribution in [0.3, 0.4) is 0 Å². The number of aliphatic imine (C=N–C) groups is 1. The molecule has 21 heavy (non-hydrogen) atoms. The molecule has 0 aliphatic carbocycles. The van der Waals surface area contributed by atoms with Crippen LogP contribution in [0.15, 0.2) is 36.0 Å². The SMILES string of the molecule is C=C1NC(C)=Nc2cc3c(cc21)C(C)(CCC)C(=C)N3C. The lowest BCUT2D eigenvalue weighted by atomic mass is 9.77. The molecule has 1 aromatic carbocycles. The highest BCUT2D eigenvalue weighted by Crippen LogP contribution is 2.51. The van der Waals surface area contributed by atoms with Crippen molar-refractivity contribution in [2.45, 2.75) is 39.0 Å². The molecule has 3 nitrogen and oxygen atoms in total. The first-order chi connectivity index (χ1) is 9.88. The van der Waals surface area contributed by atoms with E-state index in [2.05, 4.69) is 61.4 Å². The molecule has 0 fully saturated rings. The fraction of sp³-hybridized carbons (Fsp3) is 0.389. The second kappa shape index (κ2) is 4.48. The molecule has 0 bridgehead atoms. The minimum Gasteiger partial charge on any atom is -0.348 e. The maximum atomic E-state index is 4.62. The standard InChI is InChI=1S/C18H23N3/c1-7-8-18(5)12(3)21(6)17-10-16-14(9-15(17)18)11(2)19-13(4)20-16/h9-10H,2-3,7-8H2,1,4-6H3,(H,19,20). The van der Waals surface area contributed by atoms with Crippen molar-refractivity contribution >= 4 is 22.9 Å². The van der Waals surface area contributed by atoms with Gasteiger partial charge in [-0.05, 0) is 38.0 Å². The number of likely N-dealkylation sites (N-methyl/N-ethyl adjacent to an activating group) is 1. The summed E-state index contributed by atoms with van der Waals surface area (Å²) in [5, 5.41) is 3.23. The van der Waals surface area contributed by atoms with Crippen LogP contribution < -0.4 is 10.2 Å². The summed E-state index contributed by atoms with van der Waals surface area (Å²) in [5.41, 5.74) is 6.76. The lowest BCUT2D eigenvalue weighted by Gasteiger charge is -2.27. The Morgan fingerprint density at radius 2 is 2.05 bits per heavy atom. The number of rotatable bonds is 2. The second-order valence-electron chi connectivity index (χ2n) is 6.28. The van der Waals surface area contributed by atoms with Gasteiger partial charge < -0.3 is 10.2 Å². The highest BCUT2D eigenvalue weighted by Gasteiger charge is 2.41. The first kappa shape index (κ1) is 13.9. The van der Waals surface area contributed by atoms with Gasteiger partial charge >= 0.3 is 0 Å². The zero-order chi connectivity index (χ0) is 15.4. The van der Waals surface area contributed by atoms with Crippen molar-refractivity contribution in [2.24, 2.45) is 4.99 Å². The third kappa shape index (κ3) is 1.84. The zero-order valence-electron chi connectivity index (χ0n) is 13.4. The number of anilines is 1. The molecule has 1 unspecified atom stereocenters.